The highest BCUT2D eigenvalue weighted by atomic mass is 16.2. The lowest BCUT2D eigenvalue weighted by Gasteiger charge is -2.23. The number of nitrogens with one attached hydrogen (secondary N) is 2. The van der Waals surface area contributed by atoms with Crippen LogP contribution in [0.5, 0.6) is 0 Å². The van der Waals surface area contributed by atoms with E-state index in [0.717, 1.165) is 23.2 Å². The van der Waals surface area contributed by atoms with Crippen molar-refractivity contribution in [3.8, 4) is 11.1 Å². The van der Waals surface area contributed by atoms with Crippen molar-refractivity contribution in [2.45, 2.75) is 19.0 Å². The molecule has 2 N–H and O–H groups in total. The van der Waals surface area contributed by atoms with Crippen molar-refractivity contribution in [1.29, 1.82) is 0 Å². The molecule has 2 aromatic carbocycles. The van der Waals surface area contributed by atoms with E-state index in [1.54, 1.807) is 0 Å². The average Bonchev–Trinajstić information content (AvgIpc) is 2.54. The second-order valence-corrected chi connectivity index (χ2v) is 6.34. The van der Waals surface area contributed by atoms with E-state index in [9.17, 15) is 9.59 Å². The van der Waals surface area contributed by atoms with Gasteiger partial charge in [0.05, 0.1) is 12.5 Å². The number of urea groups is 1. The summed E-state index contributed by atoms with van der Waals surface area (Å²) < 4.78 is 0. The molecule has 2 aromatic rings. The molecule has 0 radical (unpaired) electrons. The Hall–Kier alpha value is -2.66. The van der Waals surface area contributed by atoms with Crippen LogP contribution in [0, 0.1) is 0 Å². The molecule has 124 valence electrons. The topological polar surface area (TPSA) is 61.4 Å². The van der Waals surface area contributed by atoms with E-state index in [2.05, 4.69) is 53.9 Å². The first kappa shape index (κ1) is 16.2. The molecule has 1 saturated heterocycles. The van der Waals surface area contributed by atoms with Gasteiger partial charge >= 0.3 is 6.03 Å². The lowest BCUT2D eigenvalue weighted by molar-refractivity contribution is -0.121. The van der Waals surface area contributed by atoms with Gasteiger partial charge in [-0.3, -0.25) is 10.1 Å². The molecule has 0 aromatic heterocycles. The van der Waals surface area contributed by atoms with Crippen LogP contribution >= 0.6 is 0 Å². The third-order valence-electron chi connectivity index (χ3n) is 4.05. The van der Waals surface area contributed by atoms with Crippen molar-refractivity contribution < 1.29 is 9.59 Å². The summed E-state index contributed by atoms with van der Waals surface area (Å²) >= 11 is 0. The van der Waals surface area contributed by atoms with Gasteiger partial charge < -0.3 is 10.2 Å². The highest BCUT2D eigenvalue weighted by Crippen LogP contribution is 2.25. The minimum absolute atomic E-state index is 0.246. The monoisotopic (exact) mass is 323 g/mol. The second kappa shape index (κ2) is 6.84. The highest BCUT2D eigenvalue weighted by molar-refractivity contribution is 5.97. The smallest absolute Gasteiger partial charge is 0.321 e. The van der Waals surface area contributed by atoms with Crippen LogP contribution in [0.3, 0.4) is 0 Å². The van der Waals surface area contributed by atoms with E-state index in [0.29, 0.717) is 0 Å². The third-order valence-corrected chi connectivity index (χ3v) is 4.05. The van der Waals surface area contributed by atoms with E-state index in [1.165, 1.54) is 5.56 Å². The zero-order chi connectivity index (χ0) is 17.1. The van der Waals surface area contributed by atoms with Gasteiger partial charge in [-0.2, -0.15) is 0 Å². The van der Waals surface area contributed by atoms with Crippen molar-refractivity contribution >= 4 is 11.9 Å². The maximum absolute atomic E-state index is 11.5. The fourth-order valence-electron chi connectivity index (χ4n) is 2.89. The molecule has 0 bridgehead atoms. The Balaban J connectivity index is 1.74. The third kappa shape index (κ3) is 3.81. The molecular weight excluding hydrogens is 302 g/mol. The summed E-state index contributed by atoms with van der Waals surface area (Å²) in [5.74, 6) is -0.246. The van der Waals surface area contributed by atoms with Gasteiger partial charge in [0, 0.05) is 6.54 Å². The molecule has 0 spiro atoms. The average molecular weight is 323 g/mol. The number of hydrogen-bond donors (Lipinski definition) is 2. The molecule has 3 rings (SSSR count). The summed E-state index contributed by atoms with van der Waals surface area (Å²) in [6.45, 7) is 0.919. The Morgan fingerprint density at radius 2 is 1.54 bits per heavy atom. The van der Waals surface area contributed by atoms with Gasteiger partial charge in [-0.1, -0.05) is 48.5 Å². The van der Waals surface area contributed by atoms with E-state index in [4.69, 9.17) is 0 Å². The van der Waals surface area contributed by atoms with Crippen molar-refractivity contribution in [3.63, 3.8) is 0 Å². The zero-order valence-corrected chi connectivity index (χ0v) is 13.9. The minimum atomic E-state index is -0.434. The first-order valence-corrected chi connectivity index (χ1v) is 7.95. The standard InChI is InChI=1S/C19H21N3O2/c1-22(2)12-13-3-5-14(6-4-13)15-7-9-16(10-8-15)17-11-18(23)21-19(24)20-17/h3-10,17H,11-12H2,1-2H3,(H2,20,21,23,24). The molecule has 1 unspecified atom stereocenters. The SMILES string of the molecule is CN(C)Cc1ccc(-c2ccc(C3CC(=O)NC(=O)N3)cc2)cc1. The van der Waals surface area contributed by atoms with Gasteiger partial charge in [-0.05, 0) is 36.3 Å². The van der Waals surface area contributed by atoms with Crippen molar-refractivity contribution in [2.75, 3.05) is 14.1 Å². The van der Waals surface area contributed by atoms with Gasteiger partial charge in [-0.15, -0.1) is 0 Å². The zero-order valence-electron chi connectivity index (χ0n) is 13.9. The van der Waals surface area contributed by atoms with E-state index in [-0.39, 0.29) is 18.4 Å². The lowest BCUT2D eigenvalue weighted by Crippen LogP contribution is -2.48. The first-order valence-electron chi connectivity index (χ1n) is 7.95. The molecule has 1 heterocycles. The molecule has 1 fully saturated rings. The fraction of sp³-hybridized carbons (Fsp3) is 0.263. The molecule has 5 heteroatoms. The van der Waals surface area contributed by atoms with Crippen LogP contribution in [0.15, 0.2) is 48.5 Å². The predicted octanol–water partition coefficient (Wildman–Crippen LogP) is 2.69. The number of carbonyl (C=O) groups excluding carboxylic acids is 2. The quantitative estimate of drug-likeness (QED) is 0.909. The molecule has 1 aliphatic rings. The van der Waals surface area contributed by atoms with Crippen molar-refractivity contribution in [2.24, 2.45) is 0 Å². The summed E-state index contributed by atoms with van der Waals surface area (Å²) in [5, 5.41) is 5.01. The molecule has 1 atom stereocenters. The number of benzene rings is 2. The van der Waals surface area contributed by atoms with Crippen LogP contribution in [-0.2, 0) is 11.3 Å². The molecule has 0 aliphatic carbocycles. The molecule has 0 saturated carbocycles. The predicted molar refractivity (Wildman–Crippen MR) is 93.3 cm³/mol. The summed E-state index contributed by atoms with van der Waals surface area (Å²) in [6, 6.07) is 15.8. The summed E-state index contributed by atoms with van der Waals surface area (Å²) in [5.41, 5.74) is 4.47. The summed E-state index contributed by atoms with van der Waals surface area (Å²) in [4.78, 5) is 25.0. The Morgan fingerprint density at radius 3 is 2.08 bits per heavy atom. The molecule has 5 nitrogen and oxygen atoms in total. The van der Waals surface area contributed by atoms with E-state index >= 15 is 0 Å². The Morgan fingerprint density at radius 1 is 0.958 bits per heavy atom. The maximum atomic E-state index is 11.5. The maximum Gasteiger partial charge on any atom is 0.321 e. The van der Waals surface area contributed by atoms with Crippen LogP contribution in [-0.4, -0.2) is 30.9 Å². The van der Waals surface area contributed by atoms with E-state index < -0.39 is 6.03 Å². The second-order valence-electron chi connectivity index (χ2n) is 6.34. The highest BCUT2D eigenvalue weighted by Gasteiger charge is 2.24. The van der Waals surface area contributed by atoms with E-state index in [1.807, 2.05) is 24.3 Å². The van der Waals surface area contributed by atoms with Crippen molar-refractivity contribution in [3.05, 3.63) is 59.7 Å². The van der Waals surface area contributed by atoms with Gasteiger partial charge in [0.25, 0.3) is 0 Å². The summed E-state index contributed by atoms with van der Waals surface area (Å²) in [6.07, 6.45) is 0.268. The number of carbonyl (C=O) groups is 2. The molecule has 3 amide bonds. The Bertz CT molecular complexity index is 720. The van der Waals surface area contributed by atoms with Crippen LogP contribution in [0.1, 0.15) is 23.6 Å². The van der Waals surface area contributed by atoms with Crippen LogP contribution < -0.4 is 10.6 Å². The lowest BCUT2D eigenvalue weighted by atomic mass is 9.97. The molecule has 24 heavy (non-hydrogen) atoms. The Kier molecular flexibility index (Phi) is 4.62. The Labute approximate surface area is 141 Å². The number of imide groups is 1. The van der Waals surface area contributed by atoms with Crippen LogP contribution in [0.2, 0.25) is 0 Å². The largest absolute Gasteiger partial charge is 0.330 e. The van der Waals surface area contributed by atoms with Gasteiger partial charge in [0.15, 0.2) is 0 Å². The molecule has 1 aliphatic heterocycles. The number of nitrogens with zero attached hydrogens (tertiary/aromatic N) is 1. The van der Waals surface area contributed by atoms with Crippen LogP contribution in [0.25, 0.3) is 11.1 Å². The number of rotatable bonds is 4. The van der Waals surface area contributed by atoms with Crippen LogP contribution in [0.4, 0.5) is 4.79 Å². The van der Waals surface area contributed by atoms with Gasteiger partial charge in [0.1, 0.15) is 0 Å². The number of amides is 3. The van der Waals surface area contributed by atoms with Gasteiger partial charge in [-0.25, -0.2) is 4.79 Å². The fourth-order valence-corrected chi connectivity index (χ4v) is 2.89. The normalized spacial score (nSPS) is 17.5. The van der Waals surface area contributed by atoms with Gasteiger partial charge in [0.2, 0.25) is 5.91 Å². The van der Waals surface area contributed by atoms with Crippen molar-refractivity contribution in [1.82, 2.24) is 15.5 Å². The molecular formula is C19H21N3O2. The number of hydrogen-bond acceptors (Lipinski definition) is 3. The first-order chi connectivity index (χ1) is 11.5. The minimum Gasteiger partial charge on any atom is -0.330 e. The summed E-state index contributed by atoms with van der Waals surface area (Å²) in [7, 11) is 4.11.